The number of anilines is 1. The lowest BCUT2D eigenvalue weighted by atomic mass is 10.0. The smallest absolute Gasteiger partial charge is 0.410 e. The molecule has 1 aliphatic heterocycles. The molecule has 0 N–H and O–H groups in total. The zero-order valence-corrected chi connectivity index (χ0v) is 16.5. The third-order valence-corrected chi connectivity index (χ3v) is 4.83. The summed E-state index contributed by atoms with van der Waals surface area (Å²) in [7, 11) is 1.99. The van der Waals surface area contributed by atoms with Crippen molar-refractivity contribution in [1.29, 1.82) is 0 Å². The molecule has 1 aromatic carbocycles. The molecule has 1 amide bonds. The minimum atomic E-state index is -0.492. The summed E-state index contributed by atoms with van der Waals surface area (Å²) in [5.74, 6) is 0.779. The van der Waals surface area contributed by atoms with Gasteiger partial charge in [-0.05, 0) is 33.6 Å². The van der Waals surface area contributed by atoms with E-state index < -0.39 is 5.60 Å². The average molecular weight is 377 g/mol. The minimum absolute atomic E-state index is 0.148. The van der Waals surface area contributed by atoms with Gasteiger partial charge in [0.1, 0.15) is 5.60 Å². The Labute approximate surface area is 159 Å². The molecule has 6 nitrogen and oxygen atoms in total. The van der Waals surface area contributed by atoms with Gasteiger partial charge in [0.25, 0.3) is 0 Å². The standard InChI is InChI=1S/C19H25ClN4O2/c1-19(2,3)26-18(25)24-11-7-8-13(12-24)23(4)17-15-10-6-5-9-14(15)16(20)21-22-17/h5-6,9-10,13H,7-8,11-12H2,1-4H3/t13-/m1/s1. The second-order valence-electron chi connectivity index (χ2n) is 7.69. The molecule has 0 aliphatic carbocycles. The highest BCUT2D eigenvalue weighted by atomic mass is 35.5. The monoisotopic (exact) mass is 376 g/mol. The molecule has 140 valence electrons. The SMILES string of the molecule is CN(c1nnc(Cl)c2ccccc12)[C@@H]1CCCN(C(=O)OC(C)(C)C)C1. The molecule has 0 spiro atoms. The second kappa shape index (κ2) is 7.27. The lowest BCUT2D eigenvalue weighted by Crippen LogP contribution is -2.50. The summed E-state index contributed by atoms with van der Waals surface area (Å²) < 4.78 is 5.52. The molecule has 1 aromatic heterocycles. The van der Waals surface area contributed by atoms with Crippen molar-refractivity contribution < 1.29 is 9.53 Å². The number of fused-ring (bicyclic) bond motifs is 1. The van der Waals surface area contributed by atoms with Crippen LogP contribution in [0.15, 0.2) is 24.3 Å². The van der Waals surface area contributed by atoms with E-state index in [1.165, 1.54) is 0 Å². The number of nitrogens with zero attached hydrogens (tertiary/aromatic N) is 4. The Hall–Kier alpha value is -2.08. The van der Waals surface area contributed by atoms with Gasteiger partial charge in [0.05, 0.1) is 0 Å². The Balaban J connectivity index is 1.81. The molecule has 7 heteroatoms. The maximum atomic E-state index is 12.4. The van der Waals surface area contributed by atoms with Crippen LogP contribution in [0.5, 0.6) is 0 Å². The number of rotatable bonds is 2. The fraction of sp³-hybridized carbons (Fsp3) is 0.526. The number of likely N-dealkylation sites (N-methyl/N-ethyl adjacent to an activating group) is 1. The van der Waals surface area contributed by atoms with Gasteiger partial charge in [-0.3, -0.25) is 0 Å². The van der Waals surface area contributed by atoms with Crippen LogP contribution in [0.3, 0.4) is 0 Å². The van der Waals surface area contributed by atoms with E-state index in [4.69, 9.17) is 16.3 Å². The zero-order valence-electron chi connectivity index (χ0n) is 15.7. The molecule has 0 radical (unpaired) electrons. The Kier molecular flexibility index (Phi) is 5.23. The van der Waals surface area contributed by atoms with Crippen LogP contribution < -0.4 is 4.90 Å². The molecule has 1 atom stereocenters. The van der Waals surface area contributed by atoms with Gasteiger partial charge in [0.2, 0.25) is 0 Å². The Morgan fingerprint density at radius 2 is 1.96 bits per heavy atom. The number of hydrogen-bond donors (Lipinski definition) is 0. The van der Waals surface area contributed by atoms with Gasteiger partial charge >= 0.3 is 6.09 Å². The molecule has 0 bridgehead atoms. The summed E-state index contributed by atoms with van der Waals surface area (Å²) in [5.41, 5.74) is -0.492. The first-order chi connectivity index (χ1) is 12.3. The van der Waals surface area contributed by atoms with Crippen molar-refractivity contribution in [3.05, 3.63) is 29.4 Å². The number of hydrogen-bond acceptors (Lipinski definition) is 5. The maximum Gasteiger partial charge on any atom is 0.410 e. The second-order valence-corrected chi connectivity index (χ2v) is 8.05. The molecule has 0 saturated carbocycles. The number of piperidine rings is 1. The van der Waals surface area contributed by atoms with Crippen LogP contribution in [0, 0.1) is 0 Å². The molecule has 0 unspecified atom stereocenters. The minimum Gasteiger partial charge on any atom is -0.444 e. The van der Waals surface area contributed by atoms with E-state index in [-0.39, 0.29) is 12.1 Å². The molecule has 3 rings (SSSR count). The van der Waals surface area contributed by atoms with Crippen molar-refractivity contribution in [2.45, 2.75) is 45.3 Å². The van der Waals surface area contributed by atoms with E-state index in [0.717, 1.165) is 29.4 Å². The van der Waals surface area contributed by atoms with Crippen LogP contribution in [-0.2, 0) is 4.74 Å². The van der Waals surface area contributed by atoms with Gasteiger partial charge in [-0.1, -0.05) is 35.9 Å². The van der Waals surface area contributed by atoms with Crippen LogP contribution in [-0.4, -0.2) is 53.0 Å². The summed E-state index contributed by atoms with van der Waals surface area (Å²) in [6, 6.07) is 7.99. The summed E-state index contributed by atoms with van der Waals surface area (Å²) >= 11 is 6.18. The fourth-order valence-corrected chi connectivity index (χ4v) is 3.46. The lowest BCUT2D eigenvalue weighted by Gasteiger charge is -2.38. The molecule has 1 aliphatic rings. The number of amides is 1. The number of carbonyl (C=O) groups excluding carboxylic acids is 1. The zero-order chi connectivity index (χ0) is 18.9. The van der Waals surface area contributed by atoms with E-state index >= 15 is 0 Å². The van der Waals surface area contributed by atoms with Gasteiger partial charge < -0.3 is 14.5 Å². The first-order valence-corrected chi connectivity index (χ1v) is 9.26. The predicted octanol–water partition coefficient (Wildman–Crippen LogP) is 4.12. The fourth-order valence-electron chi connectivity index (χ4n) is 3.25. The normalized spacial score (nSPS) is 18.0. The number of halogens is 1. The molecule has 2 aromatic rings. The van der Waals surface area contributed by atoms with Crippen LogP contribution in [0.4, 0.5) is 10.6 Å². The number of benzene rings is 1. The van der Waals surface area contributed by atoms with Crippen molar-refractivity contribution in [2.24, 2.45) is 0 Å². The van der Waals surface area contributed by atoms with Crippen molar-refractivity contribution in [1.82, 2.24) is 15.1 Å². The van der Waals surface area contributed by atoms with E-state index in [1.807, 2.05) is 52.1 Å². The van der Waals surface area contributed by atoms with E-state index in [1.54, 1.807) is 4.90 Å². The number of carbonyl (C=O) groups is 1. The highest BCUT2D eigenvalue weighted by Crippen LogP contribution is 2.30. The van der Waals surface area contributed by atoms with Crippen LogP contribution >= 0.6 is 11.6 Å². The van der Waals surface area contributed by atoms with E-state index in [0.29, 0.717) is 18.2 Å². The van der Waals surface area contributed by atoms with Gasteiger partial charge in [0, 0.05) is 37.0 Å². The maximum absolute atomic E-state index is 12.4. The number of likely N-dealkylation sites (tertiary alicyclic amines) is 1. The van der Waals surface area contributed by atoms with Gasteiger partial charge in [-0.25, -0.2) is 4.79 Å². The van der Waals surface area contributed by atoms with Crippen molar-refractivity contribution in [3.63, 3.8) is 0 Å². The topological polar surface area (TPSA) is 58.6 Å². The van der Waals surface area contributed by atoms with Gasteiger partial charge in [-0.15, -0.1) is 10.2 Å². The summed E-state index contributed by atoms with van der Waals surface area (Å²) in [4.78, 5) is 16.3. The van der Waals surface area contributed by atoms with Crippen LogP contribution in [0.2, 0.25) is 5.15 Å². The Bertz CT molecular complexity index is 806. The first-order valence-electron chi connectivity index (χ1n) is 8.88. The molecule has 26 heavy (non-hydrogen) atoms. The van der Waals surface area contributed by atoms with Crippen molar-refractivity contribution in [3.8, 4) is 0 Å². The lowest BCUT2D eigenvalue weighted by molar-refractivity contribution is 0.0199. The first kappa shape index (κ1) is 18.7. The summed E-state index contributed by atoms with van der Waals surface area (Å²) in [6.45, 7) is 6.96. The Morgan fingerprint density at radius 1 is 1.27 bits per heavy atom. The summed E-state index contributed by atoms with van der Waals surface area (Å²) in [5, 5.41) is 10.7. The summed E-state index contributed by atoms with van der Waals surface area (Å²) in [6.07, 6.45) is 1.64. The van der Waals surface area contributed by atoms with Gasteiger partial charge in [0.15, 0.2) is 11.0 Å². The largest absolute Gasteiger partial charge is 0.444 e. The third kappa shape index (κ3) is 4.01. The van der Waals surface area contributed by atoms with E-state index in [9.17, 15) is 4.79 Å². The molecular weight excluding hydrogens is 352 g/mol. The predicted molar refractivity (Wildman–Crippen MR) is 104 cm³/mol. The van der Waals surface area contributed by atoms with Crippen LogP contribution in [0.1, 0.15) is 33.6 Å². The van der Waals surface area contributed by atoms with Gasteiger partial charge in [-0.2, -0.15) is 0 Å². The van der Waals surface area contributed by atoms with E-state index in [2.05, 4.69) is 15.1 Å². The highest BCUT2D eigenvalue weighted by molar-refractivity contribution is 6.34. The number of aromatic nitrogens is 2. The molecule has 1 saturated heterocycles. The molecule has 2 heterocycles. The highest BCUT2D eigenvalue weighted by Gasteiger charge is 2.30. The molecule has 1 fully saturated rings. The van der Waals surface area contributed by atoms with Crippen LogP contribution in [0.25, 0.3) is 10.8 Å². The van der Waals surface area contributed by atoms with Crippen molar-refractivity contribution in [2.75, 3.05) is 25.0 Å². The Morgan fingerprint density at radius 3 is 2.65 bits per heavy atom. The quantitative estimate of drug-likeness (QED) is 0.789. The third-order valence-electron chi connectivity index (χ3n) is 4.55. The average Bonchev–Trinajstić information content (AvgIpc) is 2.60. The van der Waals surface area contributed by atoms with Crippen molar-refractivity contribution >= 4 is 34.3 Å². The molecular formula is C19H25ClN4O2. The number of ether oxygens (including phenoxy) is 1.